The molecule has 0 saturated carbocycles. The number of halogens is 1. The van der Waals surface area contributed by atoms with Crippen molar-refractivity contribution in [3.8, 4) is 5.69 Å². The molecule has 0 bridgehead atoms. The van der Waals surface area contributed by atoms with Gasteiger partial charge in [-0.05, 0) is 30.3 Å². The molecular formula is C11H7FN4. The van der Waals surface area contributed by atoms with Crippen LogP contribution in [-0.2, 0) is 0 Å². The molecule has 3 aromatic rings. The summed E-state index contributed by atoms with van der Waals surface area (Å²) in [5.74, 6) is -0.272. The Morgan fingerprint density at radius 2 is 1.88 bits per heavy atom. The van der Waals surface area contributed by atoms with Crippen LogP contribution in [0, 0.1) is 5.82 Å². The van der Waals surface area contributed by atoms with Gasteiger partial charge >= 0.3 is 0 Å². The van der Waals surface area contributed by atoms with E-state index in [1.54, 1.807) is 35.3 Å². The normalized spacial score (nSPS) is 10.8. The Morgan fingerprint density at radius 1 is 1.06 bits per heavy atom. The van der Waals surface area contributed by atoms with Crippen molar-refractivity contribution in [1.29, 1.82) is 0 Å². The molecule has 1 aromatic carbocycles. The second-order valence-electron chi connectivity index (χ2n) is 3.34. The summed E-state index contributed by atoms with van der Waals surface area (Å²) in [6.07, 6.45) is 3.34. The molecular weight excluding hydrogens is 207 g/mol. The van der Waals surface area contributed by atoms with Gasteiger partial charge in [0.2, 0.25) is 0 Å². The van der Waals surface area contributed by atoms with Gasteiger partial charge in [-0.1, -0.05) is 5.21 Å². The number of fused-ring (bicyclic) bond motifs is 1. The van der Waals surface area contributed by atoms with Crippen molar-refractivity contribution in [2.45, 2.75) is 0 Å². The van der Waals surface area contributed by atoms with Crippen LogP contribution in [0.4, 0.5) is 4.39 Å². The van der Waals surface area contributed by atoms with Crippen LogP contribution in [0.15, 0.2) is 42.7 Å². The monoisotopic (exact) mass is 214 g/mol. The lowest BCUT2D eigenvalue weighted by Crippen LogP contribution is -1.96. The zero-order valence-corrected chi connectivity index (χ0v) is 8.21. The van der Waals surface area contributed by atoms with Gasteiger partial charge in [0.05, 0.1) is 11.9 Å². The lowest BCUT2D eigenvalue weighted by Gasteiger charge is -2.00. The maximum absolute atomic E-state index is 12.8. The van der Waals surface area contributed by atoms with Crippen LogP contribution in [0.5, 0.6) is 0 Å². The minimum atomic E-state index is -0.272. The van der Waals surface area contributed by atoms with Crippen molar-refractivity contribution in [1.82, 2.24) is 20.0 Å². The summed E-state index contributed by atoms with van der Waals surface area (Å²) >= 11 is 0. The number of nitrogens with zero attached hydrogens (tertiary/aromatic N) is 4. The van der Waals surface area contributed by atoms with E-state index >= 15 is 0 Å². The third-order valence-electron chi connectivity index (χ3n) is 2.32. The van der Waals surface area contributed by atoms with E-state index in [9.17, 15) is 4.39 Å². The summed E-state index contributed by atoms with van der Waals surface area (Å²) in [4.78, 5) is 4.01. The highest BCUT2D eigenvalue weighted by Crippen LogP contribution is 2.14. The minimum absolute atomic E-state index is 0.272. The Balaban J connectivity index is 2.22. The van der Waals surface area contributed by atoms with E-state index in [2.05, 4.69) is 15.3 Å². The second-order valence-corrected chi connectivity index (χ2v) is 3.34. The van der Waals surface area contributed by atoms with Crippen molar-refractivity contribution in [3.63, 3.8) is 0 Å². The summed E-state index contributed by atoms with van der Waals surface area (Å²) in [5.41, 5.74) is 2.32. The molecule has 0 N–H and O–H groups in total. The van der Waals surface area contributed by atoms with Gasteiger partial charge in [-0.2, -0.15) is 0 Å². The average Bonchev–Trinajstić information content (AvgIpc) is 2.74. The molecule has 0 saturated heterocycles. The molecule has 0 radical (unpaired) electrons. The third-order valence-corrected chi connectivity index (χ3v) is 2.32. The fraction of sp³-hybridized carbons (Fsp3) is 0. The number of benzene rings is 1. The molecule has 0 atom stereocenters. The van der Waals surface area contributed by atoms with Gasteiger partial charge in [-0.15, -0.1) is 5.10 Å². The maximum atomic E-state index is 12.8. The molecule has 0 unspecified atom stereocenters. The van der Waals surface area contributed by atoms with E-state index in [4.69, 9.17) is 0 Å². The predicted molar refractivity (Wildman–Crippen MR) is 56.6 cm³/mol. The highest BCUT2D eigenvalue weighted by Gasteiger charge is 2.05. The van der Waals surface area contributed by atoms with Crippen LogP contribution < -0.4 is 0 Å². The fourth-order valence-electron chi connectivity index (χ4n) is 1.54. The maximum Gasteiger partial charge on any atom is 0.123 e. The lowest BCUT2D eigenvalue weighted by molar-refractivity contribution is 0.627. The zero-order valence-electron chi connectivity index (χ0n) is 8.21. The van der Waals surface area contributed by atoms with Gasteiger partial charge in [0.1, 0.15) is 16.9 Å². The van der Waals surface area contributed by atoms with Crippen molar-refractivity contribution >= 4 is 11.0 Å². The molecule has 78 valence electrons. The molecule has 0 aliphatic rings. The summed E-state index contributed by atoms with van der Waals surface area (Å²) in [6, 6.07) is 7.85. The van der Waals surface area contributed by atoms with Crippen LogP contribution in [-0.4, -0.2) is 20.0 Å². The largest absolute Gasteiger partial charge is 0.262 e. The highest BCUT2D eigenvalue weighted by atomic mass is 19.1. The van der Waals surface area contributed by atoms with Crippen LogP contribution in [0.1, 0.15) is 0 Å². The molecule has 4 nitrogen and oxygen atoms in total. The number of rotatable bonds is 1. The summed E-state index contributed by atoms with van der Waals surface area (Å²) < 4.78 is 14.4. The molecule has 5 heteroatoms. The molecule has 0 aliphatic carbocycles. The lowest BCUT2D eigenvalue weighted by atomic mass is 10.3. The molecule has 0 spiro atoms. The first kappa shape index (κ1) is 8.96. The predicted octanol–water partition coefficient (Wildman–Crippen LogP) is 1.95. The Hall–Kier alpha value is -2.30. The van der Waals surface area contributed by atoms with Gasteiger partial charge in [0.25, 0.3) is 0 Å². The van der Waals surface area contributed by atoms with Crippen LogP contribution in [0.25, 0.3) is 16.7 Å². The molecule has 0 aliphatic heterocycles. The van der Waals surface area contributed by atoms with Crippen LogP contribution >= 0.6 is 0 Å². The Morgan fingerprint density at radius 3 is 2.69 bits per heavy atom. The van der Waals surface area contributed by atoms with E-state index in [-0.39, 0.29) is 5.82 Å². The first-order chi connectivity index (χ1) is 7.84. The van der Waals surface area contributed by atoms with Gasteiger partial charge in [0, 0.05) is 6.20 Å². The summed E-state index contributed by atoms with van der Waals surface area (Å²) in [7, 11) is 0. The van der Waals surface area contributed by atoms with Crippen molar-refractivity contribution < 1.29 is 4.39 Å². The van der Waals surface area contributed by atoms with Gasteiger partial charge in [-0.3, -0.25) is 4.98 Å². The molecule has 2 heterocycles. The number of aromatic nitrogens is 4. The van der Waals surface area contributed by atoms with E-state index in [1.165, 1.54) is 12.1 Å². The van der Waals surface area contributed by atoms with Crippen molar-refractivity contribution in [2.75, 3.05) is 0 Å². The SMILES string of the molecule is Fc1ccc(-n2nnc3ccncc32)cc1. The van der Waals surface area contributed by atoms with Crippen molar-refractivity contribution in [3.05, 3.63) is 48.5 Å². The molecule has 16 heavy (non-hydrogen) atoms. The number of hydrogen-bond acceptors (Lipinski definition) is 3. The average molecular weight is 214 g/mol. The Labute approximate surface area is 90.4 Å². The van der Waals surface area contributed by atoms with Crippen molar-refractivity contribution in [2.24, 2.45) is 0 Å². The van der Waals surface area contributed by atoms with Gasteiger partial charge in [0.15, 0.2) is 0 Å². The highest BCUT2D eigenvalue weighted by molar-refractivity contribution is 5.74. The first-order valence-electron chi connectivity index (χ1n) is 4.76. The van der Waals surface area contributed by atoms with E-state index in [1.807, 2.05) is 0 Å². The fourth-order valence-corrected chi connectivity index (χ4v) is 1.54. The number of pyridine rings is 1. The van der Waals surface area contributed by atoms with Crippen LogP contribution in [0.3, 0.4) is 0 Å². The number of hydrogen-bond donors (Lipinski definition) is 0. The first-order valence-corrected chi connectivity index (χ1v) is 4.76. The summed E-state index contributed by atoms with van der Waals surface area (Å²) in [5, 5.41) is 8.00. The Bertz CT molecular complexity index is 630. The summed E-state index contributed by atoms with van der Waals surface area (Å²) in [6.45, 7) is 0. The molecule has 2 aromatic heterocycles. The molecule has 3 rings (SSSR count). The smallest absolute Gasteiger partial charge is 0.123 e. The van der Waals surface area contributed by atoms with Crippen LogP contribution in [0.2, 0.25) is 0 Å². The standard InChI is InChI=1S/C11H7FN4/c12-8-1-3-9(4-2-8)16-11-7-13-6-5-10(11)14-15-16/h1-7H. The molecule has 0 fully saturated rings. The Kier molecular flexibility index (Phi) is 1.89. The minimum Gasteiger partial charge on any atom is -0.262 e. The van der Waals surface area contributed by atoms with Gasteiger partial charge < -0.3 is 0 Å². The topological polar surface area (TPSA) is 43.6 Å². The van der Waals surface area contributed by atoms with Gasteiger partial charge in [-0.25, -0.2) is 9.07 Å². The quantitative estimate of drug-likeness (QED) is 0.621. The van der Waals surface area contributed by atoms with E-state index in [0.29, 0.717) is 0 Å². The zero-order chi connectivity index (χ0) is 11.0. The van der Waals surface area contributed by atoms with E-state index in [0.717, 1.165) is 16.7 Å². The second kappa shape index (κ2) is 3.37. The third kappa shape index (κ3) is 1.33. The van der Waals surface area contributed by atoms with E-state index < -0.39 is 0 Å². The molecule has 0 amide bonds.